The molecule has 0 aromatic carbocycles. The molecule has 0 aliphatic carbocycles. The topological polar surface area (TPSA) is 97.6 Å². The van der Waals surface area contributed by atoms with Crippen LogP contribution in [0.3, 0.4) is 0 Å². The molecule has 0 spiro atoms. The summed E-state index contributed by atoms with van der Waals surface area (Å²) in [7, 11) is 0. The highest BCUT2D eigenvalue weighted by Gasteiger charge is 2.22. The van der Waals surface area contributed by atoms with Crippen LogP contribution in [0.25, 0.3) is 0 Å². The molecular formula is C10H13N7OS. The lowest BCUT2D eigenvalue weighted by Crippen LogP contribution is -2.43. The van der Waals surface area contributed by atoms with Gasteiger partial charge in [0.15, 0.2) is 5.69 Å². The molecule has 2 aromatic heterocycles. The van der Waals surface area contributed by atoms with Gasteiger partial charge < -0.3 is 5.32 Å². The first-order valence-corrected chi connectivity index (χ1v) is 6.84. The number of hydrogen-bond donors (Lipinski definition) is 2. The van der Waals surface area contributed by atoms with Crippen LogP contribution < -0.4 is 10.6 Å². The fraction of sp³-hybridized carbons (Fsp3) is 0.500. The lowest BCUT2D eigenvalue weighted by atomic mass is 10.2. The maximum Gasteiger partial charge on any atom is 0.279 e. The van der Waals surface area contributed by atoms with Gasteiger partial charge in [0.1, 0.15) is 5.01 Å². The summed E-state index contributed by atoms with van der Waals surface area (Å²) >= 11 is 1.37. The van der Waals surface area contributed by atoms with Gasteiger partial charge in [0.25, 0.3) is 5.91 Å². The standard InChI is InChI=1S/C10H13N7OS/c1-2-8-14-15-10(19-8)12-9(18)7-5-17(16-13-7)6-3-11-4-6/h5-6,11H,2-4H2,1H3,(H,12,15,18). The maximum atomic E-state index is 12.0. The summed E-state index contributed by atoms with van der Waals surface area (Å²) in [5.74, 6) is -0.308. The lowest BCUT2D eigenvalue weighted by molar-refractivity contribution is 0.102. The summed E-state index contributed by atoms with van der Waals surface area (Å²) < 4.78 is 1.71. The van der Waals surface area contributed by atoms with Crippen LogP contribution in [0, 0.1) is 0 Å². The van der Waals surface area contributed by atoms with E-state index in [1.54, 1.807) is 10.9 Å². The molecule has 0 atom stereocenters. The Hall–Kier alpha value is -1.87. The number of carbonyl (C=O) groups excluding carboxylic acids is 1. The van der Waals surface area contributed by atoms with Crippen LogP contribution in [-0.2, 0) is 6.42 Å². The largest absolute Gasteiger partial charge is 0.312 e. The highest BCUT2D eigenvalue weighted by Crippen LogP contribution is 2.16. The van der Waals surface area contributed by atoms with Crippen LogP contribution in [-0.4, -0.2) is 44.2 Å². The Balaban J connectivity index is 1.67. The molecule has 3 heterocycles. The van der Waals surface area contributed by atoms with Gasteiger partial charge in [-0.3, -0.25) is 10.1 Å². The molecule has 2 N–H and O–H groups in total. The van der Waals surface area contributed by atoms with Crippen LogP contribution in [0.2, 0.25) is 0 Å². The van der Waals surface area contributed by atoms with E-state index in [2.05, 4.69) is 31.1 Å². The smallest absolute Gasteiger partial charge is 0.279 e. The summed E-state index contributed by atoms with van der Waals surface area (Å²) in [5.41, 5.74) is 0.292. The number of aromatic nitrogens is 5. The number of carbonyl (C=O) groups is 1. The van der Waals surface area contributed by atoms with E-state index in [4.69, 9.17) is 0 Å². The first-order valence-electron chi connectivity index (χ1n) is 6.02. The highest BCUT2D eigenvalue weighted by atomic mass is 32.1. The van der Waals surface area contributed by atoms with Crippen molar-refractivity contribution in [3.8, 4) is 0 Å². The Labute approximate surface area is 113 Å². The fourth-order valence-corrected chi connectivity index (χ4v) is 2.30. The molecule has 2 aromatic rings. The normalized spacial score (nSPS) is 15.2. The Morgan fingerprint density at radius 1 is 1.53 bits per heavy atom. The molecule has 1 aliphatic heterocycles. The number of amides is 1. The van der Waals surface area contributed by atoms with Crippen LogP contribution in [0.15, 0.2) is 6.20 Å². The second-order valence-electron chi connectivity index (χ2n) is 4.20. The minimum Gasteiger partial charge on any atom is -0.312 e. The zero-order valence-corrected chi connectivity index (χ0v) is 11.1. The molecule has 0 unspecified atom stereocenters. The fourth-order valence-electron chi connectivity index (χ4n) is 1.63. The number of aryl methyl sites for hydroxylation is 1. The molecule has 100 valence electrons. The summed E-state index contributed by atoms with van der Waals surface area (Å²) in [5, 5.41) is 22.9. The predicted octanol–water partition coefficient (Wildman–Crippen LogP) is 0.0886. The van der Waals surface area contributed by atoms with E-state index in [0.717, 1.165) is 24.5 Å². The molecule has 8 nitrogen and oxygen atoms in total. The van der Waals surface area contributed by atoms with Gasteiger partial charge in [-0.15, -0.1) is 15.3 Å². The number of rotatable bonds is 4. The van der Waals surface area contributed by atoms with Crippen molar-refractivity contribution in [1.29, 1.82) is 0 Å². The summed E-state index contributed by atoms with van der Waals surface area (Å²) in [6, 6.07) is 0.294. The van der Waals surface area contributed by atoms with Crippen molar-refractivity contribution < 1.29 is 4.79 Å². The number of hydrogen-bond acceptors (Lipinski definition) is 7. The Morgan fingerprint density at radius 3 is 3.00 bits per heavy atom. The van der Waals surface area contributed by atoms with Crippen molar-refractivity contribution in [2.45, 2.75) is 19.4 Å². The van der Waals surface area contributed by atoms with Crippen molar-refractivity contribution in [3.63, 3.8) is 0 Å². The first kappa shape index (κ1) is 12.2. The average molecular weight is 279 g/mol. The monoisotopic (exact) mass is 279 g/mol. The number of nitrogens with one attached hydrogen (secondary N) is 2. The Morgan fingerprint density at radius 2 is 2.37 bits per heavy atom. The third kappa shape index (κ3) is 2.47. The van der Waals surface area contributed by atoms with Gasteiger partial charge in [0, 0.05) is 13.1 Å². The van der Waals surface area contributed by atoms with Gasteiger partial charge in [-0.2, -0.15) is 0 Å². The molecule has 1 aliphatic rings. The van der Waals surface area contributed by atoms with E-state index in [9.17, 15) is 4.79 Å². The van der Waals surface area contributed by atoms with E-state index in [-0.39, 0.29) is 5.91 Å². The van der Waals surface area contributed by atoms with E-state index >= 15 is 0 Å². The van der Waals surface area contributed by atoms with Crippen LogP contribution in [0.4, 0.5) is 5.13 Å². The third-order valence-electron chi connectivity index (χ3n) is 2.87. The van der Waals surface area contributed by atoms with Gasteiger partial charge in [-0.1, -0.05) is 23.5 Å². The molecule has 9 heteroatoms. The highest BCUT2D eigenvalue weighted by molar-refractivity contribution is 7.15. The van der Waals surface area contributed by atoms with Crippen molar-refractivity contribution in [2.24, 2.45) is 0 Å². The van der Waals surface area contributed by atoms with Gasteiger partial charge in [0.2, 0.25) is 5.13 Å². The average Bonchev–Trinajstić information content (AvgIpc) is 2.96. The molecule has 1 fully saturated rings. The van der Waals surface area contributed by atoms with Crippen LogP contribution in [0.5, 0.6) is 0 Å². The van der Waals surface area contributed by atoms with Crippen molar-refractivity contribution in [1.82, 2.24) is 30.5 Å². The molecule has 3 rings (SSSR count). The second kappa shape index (κ2) is 5.02. The molecule has 0 bridgehead atoms. The first-order chi connectivity index (χ1) is 9.26. The lowest BCUT2D eigenvalue weighted by Gasteiger charge is -2.26. The quantitative estimate of drug-likeness (QED) is 0.823. The Kier molecular flexibility index (Phi) is 3.22. The van der Waals surface area contributed by atoms with Crippen LogP contribution >= 0.6 is 11.3 Å². The van der Waals surface area contributed by atoms with Gasteiger partial charge >= 0.3 is 0 Å². The molecule has 1 saturated heterocycles. The zero-order chi connectivity index (χ0) is 13.2. The van der Waals surface area contributed by atoms with Gasteiger partial charge in [0.05, 0.1) is 12.2 Å². The summed E-state index contributed by atoms with van der Waals surface area (Å²) in [4.78, 5) is 12.0. The number of anilines is 1. The third-order valence-corrected chi connectivity index (χ3v) is 3.85. The van der Waals surface area contributed by atoms with E-state index in [1.807, 2.05) is 6.92 Å². The summed E-state index contributed by atoms with van der Waals surface area (Å²) in [6.07, 6.45) is 2.46. The number of nitrogens with zero attached hydrogens (tertiary/aromatic N) is 5. The minimum absolute atomic E-state index is 0.292. The molecule has 19 heavy (non-hydrogen) atoms. The Bertz CT molecular complexity index is 588. The van der Waals surface area contributed by atoms with E-state index < -0.39 is 0 Å². The SMILES string of the molecule is CCc1nnc(NC(=O)c2cn(C3CNC3)nn2)s1. The van der Waals surface area contributed by atoms with Gasteiger partial charge in [-0.25, -0.2) is 4.68 Å². The van der Waals surface area contributed by atoms with Crippen molar-refractivity contribution in [2.75, 3.05) is 18.4 Å². The summed E-state index contributed by atoms with van der Waals surface area (Å²) in [6.45, 7) is 3.71. The molecule has 1 amide bonds. The molecule has 0 radical (unpaired) electrons. The molecular weight excluding hydrogens is 266 g/mol. The van der Waals surface area contributed by atoms with Crippen molar-refractivity contribution >= 4 is 22.4 Å². The van der Waals surface area contributed by atoms with Gasteiger partial charge in [-0.05, 0) is 6.42 Å². The predicted molar refractivity (Wildman–Crippen MR) is 69.2 cm³/mol. The zero-order valence-electron chi connectivity index (χ0n) is 10.3. The molecule has 0 saturated carbocycles. The second-order valence-corrected chi connectivity index (χ2v) is 5.27. The van der Waals surface area contributed by atoms with Crippen LogP contribution in [0.1, 0.15) is 28.5 Å². The maximum absolute atomic E-state index is 12.0. The van der Waals surface area contributed by atoms with Crippen molar-refractivity contribution in [3.05, 3.63) is 16.9 Å². The van der Waals surface area contributed by atoms with E-state index in [1.165, 1.54) is 11.3 Å². The van der Waals surface area contributed by atoms with E-state index in [0.29, 0.717) is 16.9 Å². The minimum atomic E-state index is -0.308.